The van der Waals surface area contributed by atoms with Crippen LogP contribution in [0.3, 0.4) is 0 Å². The van der Waals surface area contributed by atoms with Crippen LogP contribution in [0.1, 0.15) is 49.6 Å². The Bertz CT molecular complexity index is 1200. The highest BCUT2D eigenvalue weighted by atomic mass is 16.2. The molecule has 204 valence electrons. The number of aryl methyl sites for hydroxylation is 1. The lowest BCUT2D eigenvalue weighted by molar-refractivity contribution is -0.131. The smallest absolute Gasteiger partial charge is 0.244 e. The van der Waals surface area contributed by atoms with Crippen molar-refractivity contribution < 1.29 is 19.2 Å². The fraction of sp³-hybridized carbons (Fsp3) is 0.560. The molecule has 38 heavy (non-hydrogen) atoms. The van der Waals surface area contributed by atoms with E-state index in [0.717, 1.165) is 23.2 Å². The van der Waals surface area contributed by atoms with E-state index < -0.39 is 23.4 Å². The maximum atomic E-state index is 13.3. The number of carbonyl (C=O) groups excluding carboxylic acids is 4. The van der Waals surface area contributed by atoms with Gasteiger partial charge in [-0.15, -0.1) is 10.2 Å². The number of nitrogens with zero attached hydrogens (tertiary/aromatic N) is 5. The maximum absolute atomic E-state index is 13.3. The summed E-state index contributed by atoms with van der Waals surface area (Å²) in [5.41, 5.74) is 7.56. The first kappa shape index (κ1) is 27.2. The first-order valence-electron chi connectivity index (χ1n) is 12.8. The van der Waals surface area contributed by atoms with Gasteiger partial charge in [0.2, 0.25) is 23.6 Å². The number of benzene rings is 1. The van der Waals surface area contributed by atoms with Crippen molar-refractivity contribution >= 4 is 29.3 Å². The van der Waals surface area contributed by atoms with E-state index in [9.17, 15) is 19.2 Å². The van der Waals surface area contributed by atoms with Crippen LogP contribution in [0.25, 0.3) is 0 Å². The number of rotatable bonds is 11. The third kappa shape index (κ3) is 5.52. The van der Waals surface area contributed by atoms with Crippen LogP contribution in [-0.2, 0) is 38.6 Å². The molecule has 0 aliphatic carbocycles. The summed E-state index contributed by atoms with van der Waals surface area (Å²) in [4.78, 5) is 55.4. The van der Waals surface area contributed by atoms with Crippen LogP contribution in [0.2, 0.25) is 0 Å². The van der Waals surface area contributed by atoms with Crippen molar-refractivity contribution in [3.05, 3.63) is 35.2 Å². The Kier molecular flexibility index (Phi) is 8.05. The van der Waals surface area contributed by atoms with Gasteiger partial charge in [0.25, 0.3) is 0 Å². The van der Waals surface area contributed by atoms with Crippen molar-refractivity contribution in [1.29, 1.82) is 0 Å². The second kappa shape index (κ2) is 11.3. The van der Waals surface area contributed by atoms with E-state index in [4.69, 9.17) is 5.73 Å². The quantitative estimate of drug-likeness (QED) is 0.301. The highest BCUT2D eigenvalue weighted by molar-refractivity contribution is 6.07. The molecule has 3 atom stereocenters. The molecule has 1 aromatic carbocycles. The zero-order chi connectivity index (χ0) is 27.4. The number of nitrogens with one attached hydrogen (secondary N) is 3. The monoisotopic (exact) mass is 525 g/mol. The van der Waals surface area contributed by atoms with E-state index in [1.54, 1.807) is 23.9 Å². The van der Waals surface area contributed by atoms with Gasteiger partial charge in [-0.2, -0.15) is 5.21 Å². The number of primary amides is 1. The Hall–Kier alpha value is -3.87. The summed E-state index contributed by atoms with van der Waals surface area (Å²) in [6, 6.07) is 4.99. The van der Waals surface area contributed by atoms with Gasteiger partial charge in [0, 0.05) is 12.8 Å². The van der Waals surface area contributed by atoms with E-state index in [-0.39, 0.29) is 37.2 Å². The Labute approximate surface area is 220 Å². The Morgan fingerprint density at radius 1 is 1.24 bits per heavy atom. The minimum Gasteiger partial charge on any atom is -0.368 e. The average Bonchev–Trinajstić information content (AvgIpc) is 3.46. The van der Waals surface area contributed by atoms with Crippen LogP contribution in [0, 0.1) is 5.92 Å². The van der Waals surface area contributed by atoms with Gasteiger partial charge in [-0.1, -0.05) is 30.3 Å². The van der Waals surface area contributed by atoms with Crippen LogP contribution in [0.4, 0.5) is 5.69 Å². The highest BCUT2D eigenvalue weighted by Gasteiger charge is 2.52. The summed E-state index contributed by atoms with van der Waals surface area (Å²) in [5.74, 6) is -1.49. The van der Waals surface area contributed by atoms with Crippen LogP contribution in [0.15, 0.2) is 18.2 Å². The number of aromatic amines is 1. The molecule has 13 heteroatoms. The van der Waals surface area contributed by atoms with Crippen molar-refractivity contribution in [3.63, 3.8) is 0 Å². The maximum Gasteiger partial charge on any atom is 0.244 e. The molecule has 0 bridgehead atoms. The number of para-hydroxylation sites is 1. The van der Waals surface area contributed by atoms with Gasteiger partial charge in [-0.05, 0) is 56.8 Å². The number of amides is 4. The molecule has 13 nitrogen and oxygen atoms in total. The molecule has 4 rings (SSSR count). The lowest BCUT2D eigenvalue weighted by atomic mass is 9.83. The molecule has 1 unspecified atom stereocenters. The number of aromatic nitrogens is 4. The summed E-state index contributed by atoms with van der Waals surface area (Å²) in [7, 11) is 3.52. The van der Waals surface area contributed by atoms with E-state index in [1.807, 2.05) is 25.1 Å². The molecule has 0 fully saturated rings. The normalized spacial score (nSPS) is 20.0. The minimum absolute atomic E-state index is 0.0354. The van der Waals surface area contributed by atoms with Gasteiger partial charge in [0.1, 0.15) is 11.6 Å². The fourth-order valence-corrected chi connectivity index (χ4v) is 5.45. The number of tetrazole rings is 1. The van der Waals surface area contributed by atoms with Crippen LogP contribution in [0.5, 0.6) is 0 Å². The standard InChI is InChI=1S/C25H35N9O4/c1-15(21(28-19(35)14-33(2)3)23(37)27-13-18-29-31-32-30-18)10-11-25(24(26)38)12-17-8-4-6-16-7-5-9-20(36)34(25)22(16)17/h4,6,8,15,21H,5,7,9-14H2,1-3H3,(H2,26,38)(H,27,37)(H,28,35)(H,29,30,31,32)/t15-,21-,25?/m0/s1. The van der Waals surface area contributed by atoms with Gasteiger partial charge in [0.15, 0.2) is 5.82 Å². The predicted octanol–water partition coefficient (Wildman–Crippen LogP) is -0.572. The molecule has 0 saturated carbocycles. The van der Waals surface area contributed by atoms with Crippen LogP contribution in [-0.4, -0.2) is 81.4 Å². The second-order valence-corrected chi connectivity index (χ2v) is 10.4. The van der Waals surface area contributed by atoms with Gasteiger partial charge in [-0.3, -0.25) is 24.1 Å². The lowest BCUT2D eigenvalue weighted by Gasteiger charge is -2.37. The molecule has 2 aliphatic heterocycles. The average molecular weight is 526 g/mol. The number of carbonyl (C=O) groups is 4. The Morgan fingerprint density at radius 3 is 2.68 bits per heavy atom. The number of nitrogens with two attached hydrogens (primary N) is 1. The number of hydrogen-bond acceptors (Lipinski definition) is 8. The van der Waals surface area contributed by atoms with Crippen molar-refractivity contribution in [3.8, 4) is 0 Å². The van der Waals surface area contributed by atoms with Crippen molar-refractivity contribution in [2.75, 3.05) is 25.5 Å². The molecule has 2 aliphatic rings. The first-order chi connectivity index (χ1) is 18.1. The Balaban J connectivity index is 1.55. The van der Waals surface area contributed by atoms with Gasteiger partial charge >= 0.3 is 0 Å². The number of anilines is 1. The van der Waals surface area contributed by atoms with Gasteiger partial charge in [-0.25, -0.2) is 0 Å². The Morgan fingerprint density at radius 2 is 2.00 bits per heavy atom. The summed E-state index contributed by atoms with van der Waals surface area (Å²) in [6.07, 6.45) is 2.74. The molecule has 0 saturated heterocycles. The van der Waals surface area contributed by atoms with E-state index in [0.29, 0.717) is 31.5 Å². The third-order valence-corrected chi connectivity index (χ3v) is 7.33. The van der Waals surface area contributed by atoms with Crippen LogP contribution < -0.4 is 21.3 Å². The third-order valence-electron chi connectivity index (χ3n) is 7.33. The minimum atomic E-state index is -1.23. The summed E-state index contributed by atoms with van der Waals surface area (Å²) in [6.45, 7) is 1.97. The molecule has 0 radical (unpaired) electrons. The number of H-pyrrole nitrogens is 1. The summed E-state index contributed by atoms with van der Waals surface area (Å²) < 4.78 is 0. The number of hydrogen-bond donors (Lipinski definition) is 4. The molecule has 0 spiro atoms. The van der Waals surface area contributed by atoms with E-state index >= 15 is 0 Å². The molecule has 3 heterocycles. The molecule has 4 amide bonds. The zero-order valence-electron chi connectivity index (χ0n) is 22.0. The molecule has 1 aromatic heterocycles. The molecular weight excluding hydrogens is 490 g/mol. The zero-order valence-corrected chi connectivity index (χ0v) is 22.0. The first-order valence-corrected chi connectivity index (χ1v) is 12.8. The lowest BCUT2D eigenvalue weighted by Crippen LogP contribution is -2.59. The van der Waals surface area contributed by atoms with Gasteiger partial charge < -0.3 is 21.3 Å². The van der Waals surface area contributed by atoms with Crippen LogP contribution >= 0.6 is 0 Å². The highest BCUT2D eigenvalue weighted by Crippen LogP contribution is 2.46. The second-order valence-electron chi connectivity index (χ2n) is 10.4. The van der Waals surface area contributed by atoms with Crippen molar-refractivity contribution in [2.24, 2.45) is 11.7 Å². The SMILES string of the molecule is C[C@@H](CCC1(C(N)=O)Cc2cccc3c2N1C(=O)CCC3)[C@H](NC(=O)CN(C)C)C(=O)NCc1nn[nH]n1. The molecule has 5 N–H and O–H groups in total. The van der Waals surface area contributed by atoms with E-state index in [2.05, 4.69) is 31.3 Å². The summed E-state index contributed by atoms with van der Waals surface area (Å²) >= 11 is 0. The topological polar surface area (TPSA) is 179 Å². The largest absolute Gasteiger partial charge is 0.368 e. The van der Waals surface area contributed by atoms with Crippen molar-refractivity contribution in [2.45, 2.75) is 63.6 Å². The number of likely N-dealkylation sites (N-methyl/N-ethyl adjacent to an activating group) is 1. The molecular formula is C25H35N9O4. The fourth-order valence-electron chi connectivity index (χ4n) is 5.45. The van der Waals surface area contributed by atoms with Crippen molar-refractivity contribution in [1.82, 2.24) is 36.2 Å². The summed E-state index contributed by atoms with van der Waals surface area (Å²) in [5, 5.41) is 19.0. The van der Waals surface area contributed by atoms with Gasteiger partial charge in [0.05, 0.1) is 18.8 Å². The van der Waals surface area contributed by atoms with E-state index in [1.165, 1.54) is 0 Å². The predicted molar refractivity (Wildman–Crippen MR) is 137 cm³/mol. The molecule has 2 aromatic rings.